The van der Waals surface area contributed by atoms with Crippen molar-refractivity contribution in [3.05, 3.63) is 53.6 Å². The molecule has 0 spiro atoms. The second-order valence-corrected chi connectivity index (χ2v) is 6.19. The molecule has 1 aliphatic carbocycles. The Hall–Kier alpha value is -2.72. The van der Waals surface area contributed by atoms with Gasteiger partial charge in [0.1, 0.15) is 11.4 Å². The van der Waals surface area contributed by atoms with Crippen LogP contribution in [0.1, 0.15) is 18.1 Å². The number of ether oxygens (including phenoxy) is 2. The van der Waals surface area contributed by atoms with E-state index in [4.69, 9.17) is 9.47 Å². The lowest BCUT2D eigenvalue weighted by molar-refractivity contribution is 0.107. The SMILES string of the molecule is COc1cc2c(O)cc3c(c2cc1OC)-c1ccccc1C3(C)O. The molecule has 4 nitrogen and oxygen atoms in total. The van der Waals surface area contributed by atoms with Crippen molar-refractivity contribution in [2.75, 3.05) is 14.2 Å². The minimum Gasteiger partial charge on any atom is -0.507 e. The number of phenols is 1. The molecule has 0 saturated heterocycles. The van der Waals surface area contributed by atoms with E-state index in [1.165, 1.54) is 0 Å². The first-order valence-electron chi connectivity index (χ1n) is 7.73. The van der Waals surface area contributed by atoms with Gasteiger partial charge in [0.05, 0.1) is 14.2 Å². The maximum Gasteiger partial charge on any atom is 0.161 e. The van der Waals surface area contributed by atoms with E-state index >= 15 is 0 Å². The predicted octanol–water partition coefficient (Wildman–Crippen LogP) is 3.80. The Labute approximate surface area is 139 Å². The Morgan fingerprint density at radius 1 is 0.875 bits per heavy atom. The maximum atomic E-state index is 11.0. The molecule has 1 unspecified atom stereocenters. The summed E-state index contributed by atoms with van der Waals surface area (Å²) in [5, 5.41) is 23.1. The van der Waals surface area contributed by atoms with Crippen LogP contribution in [-0.4, -0.2) is 24.4 Å². The van der Waals surface area contributed by atoms with Gasteiger partial charge >= 0.3 is 0 Å². The van der Waals surface area contributed by atoms with E-state index in [1.54, 1.807) is 33.3 Å². The molecule has 0 fully saturated rings. The highest BCUT2D eigenvalue weighted by molar-refractivity contribution is 6.06. The van der Waals surface area contributed by atoms with Crippen molar-refractivity contribution >= 4 is 10.8 Å². The summed E-state index contributed by atoms with van der Waals surface area (Å²) < 4.78 is 10.8. The molecule has 0 radical (unpaired) electrons. The molecule has 122 valence electrons. The number of hydrogen-bond donors (Lipinski definition) is 2. The molecule has 0 bridgehead atoms. The monoisotopic (exact) mass is 322 g/mol. The normalized spacial score (nSPS) is 18.3. The lowest BCUT2D eigenvalue weighted by atomic mass is 9.92. The van der Waals surface area contributed by atoms with Gasteiger partial charge in [-0.3, -0.25) is 0 Å². The number of fused-ring (bicyclic) bond motifs is 5. The number of rotatable bonds is 2. The molecule has 1 aliphatic rings. The Morgan fingerprint density at radius 3 is 2.17 bits per heavy atom. The van der Waals surface area contributed by atoms with Crippen molar-refractivity contribution in [3.8, 4) is 28.4 Å². The molecule has 0 heterocycles. The van der Waals surface area contributed by atoms with Gasteiger partial charge in [0.2, 0.25) is 0 Å². The first-order chi connectivity index (χ1) is 11.5. The average molecular weight is 322 g/mol. The van der Waals surface area contributed by atoms with Gasteiger partial charge in [0.25, 0.3) is 0 Å². The van der Waals surface area contributed by atoms with Gasteiger partial charge in [-0.25, -0.2) is 0 Å². The number of aromatic hydroxyl groups is 1. The third kappa shape index (κ3) is 1.77. The van der Waals surface area contributed by atoms with E-state index in [1.807, 2.05) is 30.3 Å². The van der Waals surface area contributed by atoms with Gasteiger partial charge in [-0.2, -0.15) is 0 Å². The summed E-state index contributed by atoms with van der Waals surface area (Å²) in [4.78, 5) is 0. The zero-order valence-corrected chi connectivity index (χ0v) is 13.8. The number of aliphatic hydroxyl groups is 1. The smallest absolute Gasteiger partial charge is 0.161 e. The fraction of sp³-hybridized carbons (Fsp3) is 0.200. The zero-order valence-electron chi connectivity index (χ0n) is 13.8. The van der Waals surface area contributed by atoms with Crippen molar-refractivity contribution in [2.24, 2.45) is 0 Å². The summed E-state index contributed by atoms with van der Waals surface area (Å²) in [6.45, 7) is 1.75. The van der Waals surface area contributed by atoms with Crippen molar-refractivity contribution in [2.45, 2.75) is 12.5 Å². The minimum absolute atomic E-state index is 0.109. The molecule has 3 aromatic rings. The van der Waals surface area contributed by atoms with E-state index in [0.717, 1.165) is 22.1 Å². The standard InChI is InChI=1S/C20H18O4/c1-20(22)14-7-5-4-6-11(14)19-13-9-18(24-3)17(23-2)8-12(13)16(21)10-15(19)20/h4-10,21-22H,1-3H3. The number of hydrogen-bond acceptors (Lipinski definition) is 4. The van der Waals surface area contributed by atoms with Gasteiger partial charge in [-0.15, -0.1) is 0 Å². The van der Waals surface area contributed by atoms with E-state index in [-0.39, 0.29) is 5.75 Å². The van der Waals surface area contributed by atoms with E-state index in [2.05, 4.69) is 0 Å². The Morgan fingerprint density at radius 2 is 1.50 bits per heavy atom. The second-order valence-electron chi connectivity index (χ2n) is 6.19. The summed E-state index contributed by atoms with van der Waals surface area (Å²) in [6.07, 6.45) is 0. The van der Waals surface area contributed by atoms with Gasteiger partial charge in [0, 0.05) is 5.39 Å². The lowest BCUT2D eigenvalue weighted by Crippen LogP contribution is -2.19. The fourth-order valence-electron chi connectivity index (χ4n) is 3.67. The van der Waals surface area contributed by atoms with E-state index in [0.29, 0.717) is 22.4 Å². The van der Waals surface area contributed by atoms with Gasteiger partial charge in [-0.1, -0.05) is 24.3 Å². The minimum atomic E-state index is -1.15. The number of benzene rings is 3. The molecular formula is C20H18O4. The van der Waals surface area contributed by atoms with Crippen molar-refractivity contribution in [1.82, 2.24) is 0 Å². The van der Waals surface area contributed by atoms with Gasteiger partial charge < -0.3 is 19.7 Å². The van der Waals surface area contributed by atoms with Gasteiger partial charge in [-0.05, 0) is 52.8 Å². The molecule has 0 aliphatic heterocycles. The third-order valence-corrected chi connectivity index (χ3v) is 4.86. The van der Waals surface area contributed by atoms with Crippen LogP contribution in [0.2, 0.25) is 0 Å². The Balaban J connectivity index is 2.18. The maximum absolute atomic E-state index is 11.0. The molecule has 0 saturated carbocycles. The fourth-order valence-corrected chi connectivity index (χ4v) is 3.67. The predicted molar refractivity (Wildman–Crippen MR) is 92.8 cm³/mol. The zero-order chi connectivity index (χ0) is 17.1. The largest absolute Gasteiger partial charge is 0.507 e. The molecule has 3 aromatic carbocycles. The van der Waals surface area contributed by atoms with Crippen molar-refractivity contribution < 1.29 is 19.7 Å². The second kappa shape index (κ2) is 4.89. The first kappa shape index (κ1) is 14.8. The lowest BCUT2D eigenvalue weighted by Gasteiger charge is -2.20. The van der Waals surface area contributed by atoms with Crippen molar-refractivity contribution in [3.63, 3.8) is 0 Å². The summed E-state index contributed by atoms with van der Waals surface area (Å²) in [5.74, 6) is 1.25. The number of methoxy groups -OCH3 is 2. The number of phenolic OH excluding ortho intramolecular Hbond substituents is 1. The summed E-state index contributed by atoms with van der Waals surface area (Å²) in [5.41, 5.74) is 2.27. The van der Waals surface area contributed by atoms with Crippen LogP contribution in [-0.2, 0) is 5.60 Å². The molecule has 2 N–H and O–H groups in total. The van der Waals surface area contributed by atoms with Crippen LogP contribution in [0.4, 0.5) is 0 Å². The quantitative estimate of drug-likeness (QED) is 0.753. The summed E-state index contributed by atoms with van der Waals surface area (Å²) in [6, 6.07) is 13.0. The molecule has 0 aromatic heterocycles. The Bertz CT molecular complexity index is 973. The topological polar surface area (TPSA) is 58.9 Å². The molecule has 0 amide bonds. The highest BCUT2D eigenvalue weighted by Crippen LogP contribution is 2.53. The van der Waals surface area contributed by atoms with Crippen LogP contribution in [0, 0.1) is 0 Å². The van der Waals surface area contributed by atoms with Crippen LogP contribution >= 0.6 is 0 Å². The van der Waals surface area contributed by atoms with Gasteiger partial charge in [0.15, 0.2) is 11.5 Å². The highest BCUT2D eigenvalue weighted by Gasteiger charge is 2.39. The van der Waals surface area contributed by atoms with Crippen LogP contribution in [0.5, 0.6) is 17.2 Å². The molecule has 4 heteroatoms. The summed E-state index contributed by atoms with van der Waals surface area (Å²) >= 11 is 0. The van der Waals surface area contributed by atoms with Crippen LogP contribution in [0.15, 0.2) is 42.5 Å². The molecule has 24 heavy (non-hydrogen) atoms. The first-order valence-corrected chi connectivity index (χ1v) is 7.73. The van der Waals surface area contributed by atoms with Crippen LogP contribution in [0.25, 0.3) is 21.9 Å². The summed E-state index contributed by atoms with van der Waals surface area (Å²) in [7, 11) is 3.14. The van der Waals surface area contributed by atoms with Crippen molar-refractivity contribution in [1.29, 1.82) is 0 Å². The third-order valence-electron chi connectivity index (χ3n) is 4.86. The van der Waals surface area contributed by atoms with E-state index in [9.17, 15) is 10.2 Å². The van der Waals surface area contributed by atoms with Crippen LogP contribution in [0.3, 0.4) is 0 Å². The van der Waals surface area contributed by atoms with Crippen LogP contribution < -0.4 is 9.47 Å². The molecular weight excluding hydrogens is 304 g/mol. The molecule has 4 rings (SSSR count). The highest BCUT2D eigenvalue weighted by atomic mass is 16.5. The van der Waals surface area contributed by atoms with E-state index < -0.39 is 5.60 Å². The average Bonchev–Trinajstić information content (AvgIpc) is 2.82. The Kier molecular flexibility index (Phi) is 3.02. The molecule has 1 atom stereocenters.